The summed E-state index contributed by atoms with van der Waals surface area (Å²) < 4.78 is 0. The summed E-state index contributed by atoms with van der Waals surface area (Å²) in [4.78, 5) is 0. The standard InChI is InChI=1S/C3H7O.3ClH.Zr/c1-3(2)4;;;;/h3H,1-2H3;3*1H;/q-1;;;;+4/p-3. The second-order valence-electron chi connectivity index (χ2n) is 1.05. The molecule has 0 unspecified atom stereocenters. The van der Waals surface area contributed by atoms with Crippen LogP contribution in [-0.4, -0.2) is 6.10 Å². The van der Waals surface area contributed by atoms with E-state index in [4.69, 9.17) is 0 Å². The van der Waals surface area contributed by atoms with E-state index in [-0.39, 0.29) is 63.4 Å². The molecule has 0 aliphatic rings. The van der Waals surface area contributed by atoms with Gasteiger partial charge < -0.3 is 42.3 Å². The minimum atomic E-state index is -0.417. The molecule has 0 aliphatic heterocycles. The zero-order chi connectivity index (χ0) is 3.58. The molecule has 0 radical (unpaired) electrons. The van der Waals surface area contributed by atoms with E-state index in [1.165, 1.54) is 0 Å². The van der Waals surface area contributed by atoms with Crippen molar-refractivity contribution in [1.82, 2.24) is 0 Å². The molecule has 0 fully saturated rings. The first-order valence-corrected chi connectivity index (χ1v) is 1.39. The van der Waals surface area contributed by atoms with E-state index in [2.05, 4.69) is 0 Å². The van der Waals surface area contributed by atoms with Crippen LogP contribution in [-0.2, 0) is 26.2 Å². The van der Waals surface area contributed by atoms with Gasteiger partial charge in [-0.05, 0) is 0 Å². The van der Waals surface area contributed by atoms with Crippen molar-refractivity contribution < 1.29 is 68.5 Å². The molecule has 0 bridgehead atoms. The average molecular weight is 257 g/mol. The molecule has 0 heterocycles. The van der Waals surface area contributed by atoms with Gasteiger partial charge in [-0.15, -0.1) is 6.10 Å². The van der Waals surface area contributed by atoms with Crippen molar-refractivity contribution in [2.24, 2.45) is 0 Å². The van der Waals surface area contributed by atoms with Crippen molar-refractivity contribution in [3.63, 3.8) is 0 Å². The first kappa shape index (κ1) is 33.2. The summed E-state index contributed by atoms with van der Waals surface area (Å²) >= 11 is 0. The van der Waals surface area contributed by atoms with E-state index < -0.39 is 6.10 Å². The van der Waals surface area contributed by atoms with Crippen molar-refractivity contribution >= 4 is 0 Å². The van der Waals surface area contributed by atoms with Crippen LogP contribution in [0.2, 0.25) is 0 Å². The van der Waals surface area contributed by atoms with Gasteiger partial charge >= 0.3 is 26.2 Å². The maximum absolute atomic E-state index is 9.53. The molecular formula is C3H7Cl3OZr. The van der Waals surface area contributed by atoms with Crippen LogP contribution in [0.5, 0.6) is 0 Å². The van der Waals surface area contributed by atoms with Crippen molar-refractivity contribution in [1.29, 1.82) is 0 Å². The van der Waals surface area contributed by atoms with E-state index in [0.717, 1.165) is 0 Å². The van der Waals surface area contributed by atoms with Crippen molar-refractivity contribution in [2.45, 2.75) is 20.0 Å². The third-order valence-corrected chi connectivity index (χ3v) is 0. The van der Waals surface area contributed by atoms with Gasteiger partial charge in [0.25, 0.3) is 0 Å². The molecule has 0 aromatic rings. The Morgan fingerprint density at radius 3 is 1.00 bits per heavy atom. The fourth-order valence-electron chi connectivity index (χ4n) is 0. The van der Waals surface area contributed by atoms with E-state index >= 15 is 0 Å². The van der Waals surface area contributed by atoms with Gasteiger partial charge in [-0.1, -0.05) is 13.8 Å². The summed E-state index contributed by atoms with van der Waals surface area (Å²) in [6.07, 6.45) is -0.417. The van der Waals surface area contributed by atoms with Crippen LogP contribution >= 0.6 is 0 Å². The summed E-state index contributed by atoms with van der Waals surface area (Å²) in [5.41, 5.74) is 0. The van der Waals surface area contributed by atoms with Gasteiger partial charge in [-0.3, -0.25) is 0 Å². The third kappa shape index (κ3) is 118. The zero-order valence-electron chi connectivity index (χ0n) is 4.62. The fourth-order valence-corrected chi connectivity index (χ4v) is 0. The summed E-state index contributed by atoms with van der Waals surface area (Å²) in [5, 5.41) is 9.53. The Kier molecular flexibility index (Phi) is 96.8. The molecule has 1 nitrogen and oxygen atoms in total. The molecule has 0 N–H and O–H groups in total. The predicted molar refractivity (Wildman–Crippen MR) is 15.1 cm³/mol. The van der Waals surface area contributed by atoms with Gasteiger partial charge in [0.2, 0.25) is 0 Å². The molecule has 0 atom stereocenters. The van der Waals surface area contributed by atoms with Crippen LogP contribution < -0.4 is 42.3 Å². The van der Waals surface area contributed by atoms with Crippen molar-refractivity contribution in [3.8, 4) is 0 Å². The second-order valence-corrected chi connectivity index (χ2v) is 1.05. The van der Waals surface area contributed by atoms with E-state index in [1.807, 2.05) is 0 Å². The van der Waals surface area contributed by atoms with Crippen LogP contribution in [0.3, 0.4) is 0 Å². The molecule has 0 rings (SSSR count). The summed E-state index contributed by atoms with van der Waals surface area (Å²) in [6, 6.07) is 0. The molecule has 0 aromatic heterocycles. The molecule has 0 spiro atoms. The van der Waals surface area contributed by atoms with Crippen LogP contribution in [0.15, 0.2) is 0 Å². The number of hydrogen-bond donors (Lipinski definition) is 0. The van der Waals surface area contributed by atoms with Crippen LogP contribution in [0.4, 0.5) is 0 Å². The Balaban J connectivity index is -0.00000000750. The first-order valence-electron chi connectivity index (χ1n) is 1.39. The molecule has 8 heavy (non-hydrogen) atoms. The molecule has 5 heteroatoms. The van der Waals surface area contributed by atoms with Gasteiger partial charge in [0.15, 0.2) is 0 Å². The minimum absolute atomic E-state index is 0. The normalized spacial score (nSPS) is 4.50. The number of hydrogen-bond acceptors (Lipinski definition) is 1. The van der Waals surface area contributed by atoms with Gasteiger partial charge in [0.05, 0.1) is 0 Å². The number of rotatable bonds is 0. The fraction of sp³-hybridized carbons (Fsp3) is 1.00. The summed E-state index contributed by atoms with van der Waals surface area (Å²) in [7, 11) is 0. The Morgan fingerprint density at radius 2 is 1.00 bits per heavy atom. The molecule has 50 valence electrons. The van der Waals surface area contributed by atoms with E-state index in [0.29, 0.717) is 0 Å². The Labute approximate surface area is 88.0 Å². The van der Waals surface area contributed by atoms with Gasteiger partial charge in [-0.2, -0.15) is 0 Å². The van der Waals surface area contributed by atoms with Crippen LogP contribution in [0.25, 0.3) is 0 Å². The summed E-state index contributed by atoms with van der Waals surface area (Å²) in [6.45, 7) is 3.22. The van der Waals surface area contributed by atoms with E-state index in [1.54, 1.807) is 13.8 Å². The Morgan fingerprint density at radius 1 is 1.00 bits per heavy atom. The monoisotopic (exact) mass is 254 g/mol. The molecule has 0 saturated heterocycles. The SMILES string of the molecule is CC(C)[O-].[Cl-].[Cl-].[Cl-].[Zr+4]. The topological polar surface area (TPSA) is 23.1 Å². The van der Waals surface area contributed by atoms with Gasteiger partial charge in [-0.25, -0.2) is 0 Å². The molecular weight excluding hydrogens is 250 g/mol. The summed E-state index contributed by atoms with van der Waals surface area (Å²) in [5.74, 6) is 0. The molecule has 0 saturated carbocycles. The maximum atomic E-state index is 9.53. The van der Waals surface area contributed by atoms with E-state index in [9.17, 15) is 5.11 Å². The van der Waals surface area contributed by atoms with Gasteiger partial charge in [0, 0.05) is 0 Å². The molecule has 0 aromatic carbocycles. The largest absolute Gasteiger partial charge is 4.00 e. The molecule has 0 aliphatic carbocycles. The third-order valence-electron chi connectivity index (χ3n) is 0. The molecule has 0 amide bonds. The minimum Gasteiger partial charge on any atom is -1.00 e. The van der Waals surface area contributed by atoms with Crippen molar-refractivity contribution in [2.75, 3.05) is 0 Å². The first-order chi connectivity index (χ1) is 1.73. The average Bonchev–Trinajstić information content (AvgIpc) is 0.811. The second kappa shape index (κ2) is 23.3. The van der Waals surface area contributed by atoms with Crippen LogP contribution in [0.1, 0.15) is 13.8 Å². The smallest absolute Gasteiger partial charge is 1.00 e. The zero-order valence-corrected chi connectivity index (χ0v) is 9.35. The predicted octanol–water partition coefficient (Wildman–Crippen LogP) is -9.24. The quantitative estimate of drug-likeness (QED) is 0.422. The maximum Gasteiger partial charge on any atom is 4.00 e. The van der Waals surface area contributed by atoms with Crippen LogP contribution in [0, 0.1) is 0 Å². The number of halogens is 3. The van der Waals surface area contributed by atoms with Gasteiger partial charge in [0.1, 0.15) is 0 Å². The Hall–Kier alpha value is 1.71. The Bertz CT molecular complexity index is 19.2. The van der Waals surface area contributed by atoms with Crippen molar-refractivity contribution in [3.05, 3.63) is 0 Å².